The number of rotatable bonds is 5. The van der Waals surface area contributed by atoms with Gasteiger partial charge in [-0.25, -0.2) is 0 Å². The third-order valence-electron chi connectivity index (χ3n) is 4.70. The molecule has 3 rings (SSSR count). The molecular weight excluding hydrogens is 244 g/mol. The first kappa shape index (κ1) is 12.9. The highest BCUT2D eigenvalue weighted by Crippen LogP contribution is 2.39. The molecule has 2 aliphatic heterocycles. The molecule has 5 heteroatoms. The Hall–Kier alpha value is -1.10. The van der Waals surface area contributed by atoms with Crippen LogP contribution in [0, 0.1) is 5.92 Å². The van der Waals surface area contributed by atoms with E-state index in [1.807, 2.05) is 4.90 Å². The second-order valence-electron chi connectivity index (χ2n) is 6.28. The van der Waals surface area contributed by atoms with Crippen molar-refractivity contribution in [3.8, 4) is 0 Å². The minimum atomic E-state index is -0.709. The molecule has 2 atom stereocenters. The quantitative estimate of drug-likeness (QED) is 0.778. The lowest BCUT2D eigenvalue weighted by Gasteiger charge is -2.38. The zero-order valence-electron chi connectivity index (χ0n) is 11.2. The van der Waals surface area contributed by atoms with Gasteiger partial charge in [0.1, 0.15) is 0 Å². The van der Waals surface area contributed by atoms with Crippen LogP contribution in [0.4, 0.5) is 0 Å². The smallest absolute Gasteiger partial charge is 0.303 e. The molecule has 0 aromatic heterocycles. The van der Waals surface area contributed by atoms with Crippen molar-refractivity contribution in [1.29, 1.82) is 0 Å². The highest BCUT2D eigenvalue weighted by Gasteiger charge is 2.43. The lowest BCUT2D eigenvalue weighted by atomic mass is 9.88. The van der Waals surface area contributed by atoms with Crippen molar-refractivity contribution in [2.24, 2.45) is 5.92 Å². The van der Waals surface area contributed by atoms with E-state index in [2.05, 4.69) is 5.32 Å². The summed E-state index contributed by atoms with van der Waals surface area (Å²) in [6.45, 7) is 0.460. The highest BCUT2D eigenvalue weighted by atomic mass is 16.4. The van der Waals surface area contributed by atoms with Crippen molar-refractivity contribution >= 4 is 11.9 Å². The average Bonchev–Trinajstić information content (AvgIpc) is 3.12. The normalized spacial score (nSPS) is 33.5. The number of carbonyl (C=O) groups excluding carboxylic acids is 1. The van der Waals surface area contributed by atoms with Crippen molar-refractivity contribution in [1.82, 2.24) is 10.2 Å². The standard InChI is InChI=1S/C14H22N2O3/c17-13(8-15-10-1-2-10)16-11-3-4-12(16)6-9(5-11)7-14(18)19/h9-12,15H,1-8H2,(H,18,19). The Balaban J connectivity index is 1.55. The molecule has 0 aromatic carbocycles. The number of nitrogens with one attached hydrogen (secondary N) is 1. The van der Waals surface area contributed by atoms with Crippen LogP contribution >= 0.6 is 0 Å². The Morgan fingerprint density at radius 2 is 1.74 bits per heavy atom. The lowest BCUT2D eigenvalue weighted by Crippen LogP contribution is -2.50. The fourth-order valence-corrected chi connectivity index (χ4v) is 3.72. The molecule has 3 fully saturated rings. The minimum absolute atomic E-state index is 0.216. The van der Waals surface area contributed by atoms with Crippen LogP contribution in [-0.4, -0.2) is 46.6 Å². The zero-order chi connectivity index (χ0) is 13.4. The summed E-state index contributed by atoms with van der Waals surface area (Å²) >= 11 is 0. The largest absolute Gasteiger partial charge is 0.481 e. The maximum absolute atomic E-state index is 12.3. The van der Waals surface area contributed by atoms with Gasteiger partial charge in [-0.2, -0.15) is 0 Å². The molecule has 0 radical (unpaired) electrons. The summed E-state index contributed by atoms with van der Waals surface area (Å²) in [5.74, 6) is -0.233. The number of aliphatic carboxylic acids is 1. The minimum Gasteiger partial charge on any atom is -0.481 e. The Kier molecular flexibility index (Phi) is 3.48. The first-order chi connectivity index (χ1) is 9.13. The van der Waals surface area contributed by atoms with Gasteiger partial charge in [0, 0.05) is 24.5 Å². The van der Waals surface area contributed by atoms with Gasteiger partial charge in [-0.1, -0.05) is 0 Å². The highest BCUT2D eigenvalue weighted by molar-refractivity contribution is 5.79. The summed E-state index contributed by atoms with van der Waals surface area (Å²) in [6.07, 6.45) is 6.50. The van der Waals surface area contributed by atoms with Crippen molar-refractivity contribution in [2.45, 2.75) is 63.1 Å². The van der Waals surface area contributed by atoms with Crippen molar-refractivity contribution in [3.63, 3.8) is 0 Å². The van der Waals surface area contributed by atoms with Crippen LogP contribution < -0.4 is 5.32 Å². The molecule has 3 aliphatic rings. The van der Waals surface area contributed by atoms with Crippen molar-refractivity contribution in [3.05, 3.63) is 0 Å². The number of carboxylic acid groups (broad SMARTS) is 1. The summed E-state index contributed by atoms with van der Waals surface area (Å²) in [5, 5.41) is 12.2. The van der Waals surface area contributed by atoms with E-state index >= 15 is 0 Å². The lowest BCUT2D eigenvalue weighted by molar-refractivity contribution is -0.139. The molecule has 0 spiro atoms. The fourth-order valence-electron chi connectivity index (χ4n) is 3.72. The van der Waals surface area contributed by atoms with Crippen LogP contribution in [0.1, 0.15) is 44.9 Å². The number of carboxylic acids is 1. The van der Waals surface area contributed by atoms with Crippen LogP contribution in [0.25, 0.3) is 0 Å². The van der Waals surface area contributed by atoms with Gasteiger partial charge in [0.05, 0.1) is 6.54 Å². The Morgan fingerprint density at radius 3 is 2.26 bits per heavy atom. The number of fused-ring (bicyclic) bond motifs is 2. The van der Waals surface area contributed by atoms with E-state index in [4.69, 9.17) is 5.11 Å². The maximum Gasteiger partial charge on any atom is 0.303 e. The zero-order valence-corrected chi connectivity index (χ0v) is 11.2. The van der Waals surface area contributed by atoms with Crippen molar-refractivity contribution in [2.75, 3.05) is 6.54 Å². The topological polar surface area (TPSA) is 69.6 Å². The monoisotopic (exact) mass is 266 g/mol. The van der Waals surface area contributed by atoms with Gasteiger partial charge < -0.3 is 15.3 Å². The van der Waals surface area contributed by atoms with E-state index in [0.717, 1.165) is 25.7 Å². The molecule has 2 unspecified atom stereocenters. The van der Waals surface area contributed by atoms with E-state index in [9.17, 15) is 9.59 Å². The molecule has 2 bridgehead atoms. The van der Waals surface area contributed by atoms with E-state index in [-0.39, 0.29) is 30.3 Å². The number of hydrogen-bond acceptors (Lipinski definition) is 3. The second kappa shape index (κ2) is 5.12. The number of amides is 1. The molecule has 2 N–H and O–H groups in total. The molecule has 2 saturated heterocycles. The fraction of sp³-hybridized carbons (Fsp3) is 0.857. The number of piperidine rings is 1. The number of nitrogens with zero attached hydrogens (tertiary/aromatic N) is 1. The van der Waals surface area contributed by atoms with Gasteiger partial charge in [-0.05, 0) is 44.4 Å². The number of carbonyl (C=O) groups is 2. The maximum atomic E-state index is 12.3. The summed E-state index contributed by atoms with van der Waals surface area (Å²) in [6, 6.07) is 1.14. The Bertz CT molecular complexity index is 367. The third-order valence-corrected chi connectivity index (χ3v) is 4.70. The van der Waals surface area contributed by atoms with Crippen molar-refractivity contribution < 1.29 is 14.7 Å². The SMILES string of the molecule is O=C(O)CC1CC2CCC(C1)N2C(=O)CNC1CC1. The van der Waals surface area contributed by atoms with Crippen LogP contribution in [0.2, 0.25) is 0 Å². The number of hydrogen-bond donors (Lipinski definition) is 2. The summed E-state index contributed by atoms with van der Waals surface area (Å²) in [7, 11) is 0. The molecule has 106 valence electrons. The van der Waals surface area contributed by atoms with Crippen LogP contribution in [0.3, 0.4) is 0 Å². The van der Waals surface area contributed by atoms with Gasteiger partial charge in [-0.15, -0.1) is 0 Å². The molecule has 2 heterocycles. The van der Waals surface area contributed by atoms with Gasteiger partial charge in [0.15, 0.2) is 0 Å². The second-order valence-corrected chi connectivity index (χ2v) is 6.28. The van der Waals surface area contributed by atoms with Crippen LogP contribution in [0.5, 0.6) is 0 Å². The van der Waals surface area contributed by atoms with Gasteiger partial charge in [0.25, 0.3) is 0 Å². The van der Waals surface area contributed by atoms with Crippen LogP contribution in [0.15, 0.2) is 0 Å². The first-order valence-corrected chi connectivity index (χ1v) is 7.40. The Morgan fingerprint density at radius 1 is 1.11 bits per heavy atom. The molecule has 0 aromatic rings. The molecule has 19 heavy (non-hydrogen) atoms. The molecule has 1 saturated carbocycles. The molecule has 1 aliphatic carbocycles. The molecule has 1 amide bonds. The van der Waals surface area contributed by atoms with Gasteiger partial charge in [-0.3, -0.25) is 9.59 Å². The predicted molar refractivity (Wildman–Crippen MR) is 69.7 cm³/mol. The molecule has 5 nitrogen and oxygen atoms in total. The van der Waals surface area contributed by atoms with Gasteiger partial charge in [0.2, 0.25) is 5.91 Å². The van der Waals surface area contributed by atoms with E-state index in [1.54, 1.807) is 0 Å². The summed E-state index contributed by atoms with van der Waals surface area (Å²) < 4.78 is 0. The summed E-state index contributed by atoms with van der Waals surface area (Å²) in [4.78, 5) is 25.1. The van der Waals surface area contributed by atoms with E-state index in [0.29, 0.717) is 12.6 Å². The third kappa shape index (κ3) is 2.91. The first-order valence-electron chi connectivity index (χ1n) is 7.40. The predicted octanol–water partition coefficient (Wildman–Crippen LogP) is 0.983. The average molecular weight is 266 g/mol. The Labute approximate surface area is 113 Å². The molecular formula is C14H22N2O3. The van der Waals surface area contributed by atoms with E-state index in [1.165, 1.54) is 12.8 Å². The van der Waals surface area contributed by atoms with E-state index < -0.39 is 5.97 Å². The van der Waals surface area contributed by atoms with Gasteiger partial charge >= 0.3 is 5.97 Å². The van der Waals surface area contributed by atoms with Crippen LogP contribution in [-0.2, 0) is 9.59 Å². The summed E-state index contributed by atoms with van der Waals surface area (Å²) in [5.41, 5.74) is 0.